The number of aromatic nitrogens is 1. The Balaban J connectivity index is 0.00000338. The van der Waals surface area contributed by atoms with E-state index in [1.165, 1.54) is 5.56 Å². The second-order valence-corrected chi connectivity index (χ2v) is 11.5. The number of rotatable bonds is 6. The Morgan fingerprint density at radius 2 is 1.28 bits per heavy atom. The number of ether oxygens (including phenoxy) is 2. The van der Waals surface area contributed by atoms with Crippen molar-refractivity contribution in [3.05, 3.63) is 149 Å². The summed E-state index contributed by atoms with van der Waals surface area (Å²) in [4.78, 5) is 4.53. The first-order valence-corrected chi connectivity index (χ1v) is 14.9. The second-order valence-electron chi connectivity index (χ2n) is 11.5. The molecule has 0 saturated heterocycles. The maximum Gasteiger partial charge on any atom is 0.161 e. The van der Waals surface area contributed by atoms with Crippen molar-refractivity contribution in [3.8, 4) is 56.1 Å². The van der Waals surface area contributed by atoms with Crippen LogP contribution < -0.4 is 9.47 Å². The normalized spacial score (nSPS) is 15.0. The molecule has 46 heavy (non-hydrogen) atoms. The van der Waals surface area contributed by atoms with Gasteiger partial charge in [0.2, 0.25) is 0 Å². The molecule has 5 nitrogen and oxygen atoms in total. The van der Waals surface area contributed by atoms with Gasteiger partial charge in [0.15, 0.2) is 11.5 Å². The molecule has 0 amide bonds. The maximum atomic E-state index is 10.4. The summed E-state index contributed by atoms with van der Waals surface area (Å²) in [6, 6.07) is 39.0. The van der Waals surface area contributed by atoms with E-state index in [1.54, 1.807) is 20.4 Å². The van der Waals surface area contributed by atoms with Crippen LogP contribution in [0.4, 0.5) is 0 Å². The summed E-state index contributed by atoms with van der Waals surface area (Å²) in [6.45, 7) is -0.330. The fourth-order valence-electron chi connectivity index (χ4n) is 7.43. The van der Waals surface area contributed by atoms with Gasteiger partial charge in [0.1, 0.15) is 0 Å². The van der Waals surface area contributed by atoms with Crippen molar-refractivity contribution in [1.29, 1.82) is 0 Å². The molecule has 1 unspecified atom stereocenters. The van der Waals surface area contributed by atoms with Crippen LogP contribution in [0.1, 0.15) is 33.4 Å². The van der Waals surface area contributed by atoms with Crippen LogP contribution in [-0.2, 0) is 38.7 Å². The fourth-order valence-corrected chi connectivity index (χ4v) is 7.43. The number of methoxy groups -OCH3 is 2. The largest absolute Gasteiger partial charge is 0.493 e. The van der Waals surface area contributed by atoms with E-state index in [1.807, 2.05) is 36.4 Å². The molecule has 6 aromatic rings. The number of fused-ring (bicyclic) bond motifs is 10. The van der Waals surface area contributed by atoms with Crippen molar-refractivity contribution in [2.75, 3.05) is 14.2 Å². The standard InChI is InChI=1S/C40H30NO4.Ir/c1-44-38-20-32-31-18-27(22-42)28(23-43)19-35(31)40(36(32)21-39(38)45-2)33-11-4-3-10-29(33)30-17-25(13-14-34(30)40)24-8-7-9-26(16-24)37-12-5-6-15-41-37;/h3-8,10-21,42-43H,22-23H2,1-2H3;/q-1;. The van der Waals surface area contributed by atoms with E-state index in [2.05, 4.69) is 77.8 Å². The van der Waals surface area contributed by atoms with E-state index < -0.39 is 5.41 Å². The van der Waals surface area contributed by atoms with Gasteiger partial charge in [-0.25, -0.2) is 0 Å². The van der Waals surface area contributed by atoms with Crippen molar-refractivity contribution >= 4 is 0 Å². The summed E-state index contributed by atoms with van der Waals surface area (Å²) >= 11 is 0. The molecule has 6 heteroatoms. The van der Waals surface area contributed by atoms with Gasteiger partial charge in [-0.05, 0) is 97.2 Å². The smallest absolute Gasteiger partial charge is 0.161 e. The van der Waals surface area contributed by atoms with Crippen LogP contribution in [0.25, 0.3) is 44.6 Å². The molecule has 229 valence electrons. The fraction of sp³-hybridized carbons (Fsp3) is 0.125. The summed E-state index contributed by atoms with van der Waals surface area (Å²) in [5.41, 5.74) is 13.6. The Morgan fingerprint density at radius 3 is 2.04 bits per heavy atom. The van der Waals surface area contributed by atoms with Gasteiger partial charge in [-0.2, -0.15) is 0 Å². The van der Waals surface area contributed by atoms with Crippen molar-refractivity contribution in [2.45, 2.75) is 18.6 Å². The summed E-state index contributed by atoms with van der Waals surface area (Å²) in [7, 11) is 3.30. The van der Waals surface area contributed by atoms with Crippen LogP contribution >= 0.6 is 0 Å². The van der Waals surface area contributed by atoms with Crippen molar-refractivity contribution in [2.24, 2.45) is 0 Å². The van der Waals surface area contributed by atoms with Gasteiger partial charge in [0, 0.05) is 26.3 Å². The average Bonchev–Trinajstić information content (AvgIpc) is 3.56. The Bertz CT molecular complexity index is 2060. The van der Waals surface area contributed by atoms with Gasteiger partial charge < -0.3 is 24.7 Å². The SMILES string of the molecule is COc1cc2c(cc1OC)C1(c3ccccc3-c3cc(-c4cc[c-]c(-c5ccccn5)c4)ccc31)c1cc(CO)c(CO)cc1-2.[Ir]. The third-order valence-electron chi connectivity index (χ3n) is 9.42. The zero-order valence-corrected chi connectivity index (χ0v) is 27.7. The predicted molar refractivity (Wildman–Crippen MR) is 175 cm³/mol. The molecule has 1 heterocycles. The number of benzene rings is 5. The van der Waals surface area contributed by atoms with Crippen molar-refractivity contribution in [3.63, 3.8) is 0 Å². The van der Waals surface area contributed by atoms with E-state index in [-0.39, 0.29) is 33.3 Å². The first-order valence-electron chi connectivity index (χ1n) is 14.9. The van der Waals surface area contributed by atoms with Gasteiger partial charge in [-0.3, -0.25) is 0 Å². The third kappa shape index (κ3) is 4.22. The van der Waals surface area contributed by atoms with Crippen LogP contribution in [0.2, 0.25) is 0 Å². The zero-order chi connectivity index (χ0) is 30.7. The Kier molecular flexibility index (Phi) is 7.62. The number of pyridine rings is 1. The quantitative estimate of drug-likeness (QED) is 0.171. The van der Waals surface area contributed by atoms with Crippen LogP contribution in [-0.4, -0.2) is 29.4 Å². The first kappa shape index (κ1) is 30.1. The van der Waals surface area contributed by atoms with E-state index in [0.29, 0.717) is 22.6 Å². The molecule has 0 bridgehead atoms. The predicted octanol–water partition coefficient (Wildman–Crippen LogP) is 7.56. The number of aliphatic hydroxyl groups excluding tert-OH is 2. The van der Waals surface area contributed by atoms with Gasteiger partial charge >= 0.3 is 0 Å². The molecule has 1 atom stereocenters. The second kappa shape index (κ2) is 11.7. The molecule has 1 aromatic heterocycles. The van der Waals surface area contributed by atoms with Crippen molar-refractivity contribution < 1.29 is 39.8 Å². The first-order chi connectivity index (χ1) is 22.1. The van der Waals surface area contributed by atoms with Crippen LogP contribution in [0.15, 0.2) is 109 Å². The Morgan fingerprint density at radius 1 is 0.630 bits per heavy atom. The van der Waals surface area contributed by atoms with E-state index >= 15 is 0 Å². The molecule has 2 aliphatic carbocycles. The molecule has 2 N–H and O–H groups in total. The summed E-state index contributed by atoms with van der Waals surface area (Å²) < 4.78 is 11.6. The van der Waals surface area contributed by atoms with Crippen LogP contribution in [0, 0.1) is 6.07 Å². The molecular weight excluding hydrogens is 751 g/mol. The minimum absolute atomic E-state index is 0. The molecule has 0 fully saturated rings. The van der Waals surface area contributed by atoms with E-state index in [0.717, 1.165) is 61.3 Å². The molecule has 1 radical (unpaired) electrons. The molecule has 8 rings (SSSR count). The zero-order valence-electron chi connectivity index (χ0n) is 25.3. The molecule has 2 aliphatic rings. The van der Waals surface area contributed by atoms with Crippen LogP contribution in [0.5, 0.6) is 11.5 Å². The molecule has 0 saturated carbocycles. The Labute approximate surface area is 281 Å². The molecule has 1 spiro atoms. The van der Waals surface area contributed by atoms with Gasteiger partial charge in [0.05, 0.1) is 32.8 Å². The maximum absolute atomic E-state index is 10.4. The Hall–Kier alpha value is -4.58. The number of aliphatic hydroxyl groups is 2. The number of hydrogen-bond donors (Lipinski definition) is 2. The summed E-state index contributed by atoms with van der Waals surface area (Å²) in [6.07, 6.45) is 1.80. The minimum Gasteiger partial charge on any atom is -0.493 e. The summed E-state index contributed by atoms with van der Waals surface area (Å²) in [5, 5.41) is 20.6. The van der Waals surface area contributed by atoms with Gasteiger partial charge in [-0.15, -0.1) is 35.4 Å². The van der Waals surface area contributed by atoms with Crippen molar-refractivity contribution in [1.82, 2.24) is 4.98 Å². The minimum atomic E-state index is -0.657. The number of nitrogens with zero attached hydrogens (tertiary/aromatic N) is 1. The van der Waals surface area contributed by atoms with Gasteiger partial charge in [0.25, 0.3) is 0 Å². The molecule has 5 aromatic carbocycles. The molecular formula is C40H30IrNO4-. The number of hydrogen-bond acceptors (Lipinski definition) is 5. The topological polar surface area (TPSA) is 71.8 Å². The average molecular weight is 781 g/mol. The third-order valence-corrected chi connectivity index (χ3v) is 9.42. The van der Waals surface area contributed by atoms with E-state index in [4.69, 9.17) is 9.47 Å². The summed E-state index contributed by atoms with van der Waals surface area (Å²) in [5.74, 6) is 1.29. The van der Waals surface area contributed by atoms with E-state index in [9.17, 15) is 10.2 Å². The van der Waals surface area contributed by atoms with Gasteiger partial charge in [-0.1, -0.05) is 54.6 Å². The molecule has 0 aliphatic heterocycles. The van der Waals surface area contributed by atoms with Crippen LogP contribution in [0.3, 0.4) is 0 Å². The monoisotopic (exact) mass is 781 g/mol.